The van der Waals surface area contributed by atoms with Crippen LogP contribution in [-0.2, 0) is 0 Å². The molecule has 0 saturated heterocycles. The SMILES string of the molecule is CC(C)c1ccc(C(=O)/C=C/c2cccc(OC(F)(F)C(F)F)c2)cc1. The first-order chi connectivity index (χ1) is 12.2. The largest absolute Gasteiger partial charge is 0.461 e. The van der Waals surface area contributed by atoms with Crippen LogP contribution in [0.25, 0.3) is 6.08 Å². The molecule has 2 rings (SSSR count). The molecule has 0 heterocycles. The van der Waals surface area contributed by atoms with Crippen LogP contribution in [0.4, 0.5) is 17.6 Å². The molecule has 0 N–H and O–H groups in total. The number of carbonyl (C=O) groups excluding carboxylic acids is 1. The van der Waals surface area contributed by atoms with Gasteiger partial charge in [-0.25, -0.2) is 0 Å². The molecule has 0 bridgehead atoms. The number of hydrogen-bond donors (Lipinski definition) is 0. The van der Waals surface area contributed by atoms with Gasteiger partial charge in [-0.2, -0.15) is 17.6 Å². The van der Waals surface area contributed by atoms with Gasteiger partial charge in [-0.1, -0.05) is 56.3 Å². The fourth-order valence-corrected chi connectivity index (χ4v) is 2.18. The molecule has 0 unspecified atom stereocenters. The molecule has 2 aromatic rings. The number of allylic oxidation sites excluding steroid dienone is 1. The number of carbonyl (C=O) groups is 1. The van der Waals surface area contributed by atoms with Crippen molar-refractivity contribution >= 4 is 11.9 Å². The lowest BCUT2D eigenvalue weighted by Crippen LogP contribution is -2.33. The summed E-state index contributed by atoms with van der Waals surface area (Å²) in [4.78, 5) is 12.2. The van der Waals surface area contributed by atoms with E-state index in [9.17, 15) is 22.4 Å². The fourth-order valence-electron chi connectivity index (χ4n) is 2.18. The maximum atomic E-state index is 12.9. The van der Waals surface area contributed by atoms with Gasteiger partial charge in [0.15, 0.2) is 5.78 Å². The van der Waals surface area contributed by atoms with E-state index in [0.717, 1.165) is 17.7 Å². The Bertz CT molecular complexity index is 781. The van der Waals surface area contributed by atoms with Gasteiger partial charge in [0.05, 0.1) is 0 Å². The number of rotatable bonds is 7. The van der Waals surface area contributed by atoms with Crippen LogP contribution in [0.15, 0.2) is 54.6 Å². The highest BCUT2D eigenvalue weighted by Gasteiger charge is 2.43. The van der Waals surface area contributed by atoms with E-state index >= 15 is 0 Å². The Balaban J connectivity index is 2.10. The predicted octanol–water partition coefficient (Wildman–Crippen LogP) is 5.94. The van der Waals surface area contributed by atoms with Crippen LogP contribution in [0.3, 0.4) is 0 Å². The number of benzene rings is 2. The van der Waals surface area contributed by atoms with Crippen LogP contribution in [0.5, 0.6) is 5.75 Å². The minimum atomic E-state index is -4.57. The molecule has 0 aliphatic rings. The Hall–Kier alpha value is -2.63. The van der Waals surface area contributed by atoms with Crippen LogP contribution in [-0.4, -0.2) is 18.3 Å². The fraction of sp³-hybridized carbons (Fsp3) is 0.250. The van der Waals surface area contributed by atoms with E-state index in [1.54, 1.807) is 18.2 Å². The number of ether oxygens (including phenoxy) is 1. The Kier molecular flexibility index (Phi) is 6.18. The van der Waals surface area contributed by atoms with Gasteiger partial charge in [0.2, 0.25) is 0 Å². The molecule has 0 saturated carbocycles. The zero-order valence-electron chi connectivity index (χ0n) is 14.3. The molecular formula is C20H18F4O2. The lowest BCUT2D eigenvalue weighted by atomic mass is 10.0. The maximum Gasteiger partial charge on any atom is 0.461 e. The van der Waals surface area contributed by atoms with Crippen molar-refractivity contribution in [2.45, 2.75) is 32.3 Å². The second-order valence-corrected chi connectivity index (χ2v) is 6.01. The van der Waals surface area contributed by atoms with E-state index in [0.29, 0.717) is 17.0 Å². The van der Waals surface area contributed by atoms with E-state index in [1.807, 2.05) is 26.0 Å². The average Bonchev–Trinajstić information content (AvgIpc) is 2.59. The standard InChI is InChI=1S/C20H18F4O2/c1-13(2)15-7-9-16(10-8-15)18(25)11-6-14-4-3-5-17(12-14)26-20(23,24)19(21)22/h3-13,19H,1-2H3/b11-6+. The topological polar surface area (TPSA) is 26.3 Å². The summed E-state index contributed by atoms with van der Waals surface area (Å²) in [7, 11) is 0. The molecule has 0 amide bonds. The highest BCUT2D eigenvalue weighted by Crippen LogP contribution is 2.28. The summed E-state index contributed by atoms with van der Waals surface area (Å²) in [5.41, 5.74) is 1.97. The first kappa shape index (κ1) is 19.7. The average molecular weight is 366 g/mol. The summed E-state index contributed by atoms with van der Waals surface area (Å²) in [6.07, 6.45) is -5.81. The number of hydrogen-bond acceptors (Lipinski definition) is 2. The van der Waals surface area contributed by atoms with E-state index in [2.05, 4.69) is 4.74 Å². The molecule has 138 valence electrons. The highest BCUT2D eigenvalue weighted by molar-refractivity contribution is 6.06. The van der Waals surface area contributed by atoms with Crippen molar-refractivity contribution in [3.63, 3.8) is 0 Å². The molecule has 0 aromatic heterocycles. The van der Waals surface area contributed by atoms with Crippen molar-refractivity contribution in [1.29, 1.82) is 0 Å². The zero-order chi connectivity index (χ0) is 19.3. The Morgan fingerprint density at radius 1 is 1.08 bits per heavy atom. The van der Waals surface area contributed by atoms with Crippen molar-refractivity contribution in [3.8, 4) is 5.75 Å². The maximum absolute atomic E-state index is 12.9. The van der Waals surface area contributed by atoms with Gasteiger partial charge in [0.25, 0.3) is 0 Å². The summed E-state index contributed by atoms with van der Waals surface area (Å²) in [6, 6.07) is 12.4. The van der Waals surface area contributed by atoms with Gasteiger partial charge >= 0.3 is 12.5 Å². The van der Waals surface area contributed by atoms with Crippen LogP contribution in [0.1, 0.15) is 41.3 Å². The van der Waals surface area contributed by atoms with Gasteiger partial charge in [0, 0.05) is 5.56 Å². The molecule has 0 radical (unpaired) electrons. The van der Waals surface area contributed by atoms with Gasteiger partial charge in [0.1, 0.15) is 5.75 Å². The number of ketones is 1. The van der Waals surface area contributed by atoms with E-state index < -0.39 is 18.3 Å². The normalized spacial score (nSPS) is 12.2. The second-order valence-electron chi connectivity index (χ2n) is 6.01. The van der Waals surface area contributed by atoms with Gasteiger partial charge in [-0.15, -0.1) is 0 Å². The van der Waals surface area contributed by atoms with Gasteiger partial charge < -0.3 is 4.74 Å². The lowest BCUT2D eigenvalue weighted by Gasteiger charge is -2.16. The van der Waals surface area contributed by atoms with E-state index in [-0.39, 0.29) is 5.78 Å². The first-order valence-electron chi connectivity index (χ1n) is 7.96. The predicted molar refractivity (Wildman–Crippen MR) is 91.9 cm³/mol. The lowest BCUT2D eigenvalue weighted by molar-refractivity contribution is -0.253. The molecule has 0 spiro atoms. The molecule has 2 aromatic carbocycles. The summed E-state index contributed by atoms with van der Waals surface area (Å²) in [5, 5.41) is 0. The molecule has 0 aliphatic heterocycles. The van der Waals surface area contributed by atoms with Crippen molar-refractivity contribution in [2.75, 3.05) is 0 Å². The third-order valence-electron chi connectivity index (χ3n) is 3.66. The zero-order valence-corrected chi connectivity index (χ0v) is 14.3. The summed E-state index contributed by atoms with van der Waals surface area (Å²) in [6.45, 7) is 4.09. The monoisotopic (exact) mass is 366 g/mol. The molecule has 2 nitrogen and oxygen atoms in total. The van der Waals surface area contributed by atoms with Gasteiger partial charge in [-0.3, -0.25) is 4.79 Å². The molecule has 26 heavy (non-hydrogen) atoms. The second kappa shape index (κ2) is 8.17. The minimum absolute atomic E-state index is 0.260. The molecule has 0 atom stereocenters. The number of halogens is 4. The molecule has 0 fully saturated rings. The Labute approximate surface area is 149 Å². The third-order valence-corrected chi connectivity index (χ3v) is 3.66. The van der Waals surface area contributed by atoms with Crippen molar-refractivity contribution in [3.05, 3.63) is 71.3 Å². The van der Waals surface area contributed by atoms with E-state index in [4.69, 9.17) is 0 Å². The first-order valence-corrected chi connectivity index (χ1v) is 7.96. The third kappa shape index (κ3) is 5.18. The Morgan fingerprint density at radius 2 is 1.73 bits per heavy atom. The van der Waals surface area contributed by atoms with Crippen LogP contribution < -0.4 is 4.74 Å². The number of alkyl halides is 4. The Morgan fingerprint density at radius 3 is 2.31 bits per heavy atom. The highest BCUT2D eigenvalue weighted by atomic mass is 19.3. The van der Waals surface area contributed by atoms with Crippen molar-refractivity contribution in [2.24, 2.45) is 0 Å². The molecule has 6 heteroatoms. The summed E-state index contributed by atoms with van der Waals surface area (Å²) in [5.74, 6) is -0.320. The molecular weight excluding hydrogens is 348 g/mol. The van der Waals surface area contributed by atoms with E-state index in [1.165, 1.54) is 18.2 Å². The van der Waals surface area contributed by atoms with Crippen LogP contribution >= 0.6 is 0 Å². The van der Waals surface area contributed by atoms with Crippen molar-refractivity contribution < 1.29 is 27.1 Å². The summed E-state index contributed by atoms with van der Waals surface area (Å²) >= 11 is 0. The van der Waals surface area contributed by atoms with Gasteiger partial charge in [-0.05, 0) is 35.3 Å². The summed E-state index contributed by atoms with van der Waals surface area (Å²) < 4.78 is 54.3. The van der Waals surface area contributed by atoms with Crippen LogP contribution in [0, 0.1) is 0 Å². The quantitative estimate of drug-likeness (QED) is 0.344. The molecule has 0 aliphatic carbocycles. The minimum Gasteiger partial charge on any atom is -0.428 e. The van der Waals surface area contributed by atoms with Crippen molar-refractivity contribution in [1.82, 2.24) is 0 Å². The van der Waals surface area contributed by atoms with Crippen LogP contribution in [0.2, 0.25) is 0 Å². The smallest absolute Gasteiger partial charge is 0.428 e.